The van der Waals surface area contributed by atoms with E-state index in [1.807, 2.05) is 6.07 Å². The van der Waals surface area contributed by atoms with Crippen LogP contribution in [0.3, 0.4) is 0 Å². The van der Waals surface area contributed by atoms with Crippen molar-refractivity contribution < 1.29 is 19.6 Å². The summed E-state index contributed by atoms with van der Waals surface area (Å²) in [6.45, 7) is 0. The van der Waals surface area contributed by atoms with E-state index >= 15 is 0 Å². The minimum Gasteiger partial charge on any atom is -0.478 e. The zero-order valence-electron chi connectivity index (χ0n) is 11.4. The van der Waals surface area contributed by atoms with Crippen LogP contribution in [0.2, 0.25) is 0 Å². The lowest BCUT2D eigenvalue weighted by Gasteiger charge is -2.06. The second-order valence-corrected chi connectivity index (χ2v) is 4.54. The van der Waals surface area contributed by atoms with Crippen molar-refractivity contribution in [3.63, 3.8) is 0 Å². The van der Waals surface area contributed by atoms with Crippen molar-refractivity contribution in [2.45, 2.75) is 6.42 Å². The van der Waals surface area contributed by atoms with Crippen LogP contribution in [0.25, 0.3) is 0 Å². The minimum absolute atomic E-state index is 0.0764. The molecule has 0 saturated carbocycles. The van der Waals surface area contributed by atoms with Gasteiger partial charge >= 0.3 is 5.97 Å². The second-order valence-electron chi connectivity index (χ2n) is 4.54. The molecule has 0 radical (unpaired) electrons. The number of carboxylic acid groups (broad SMARTS) is 1. The van der Waals surface area contributed by atoms with Gasteiger partial charge in [0.2, 0.25) is 5.91 Å². The fourth-order valence-corrected chi connectivity index (χ4v) is 1.90. The first-order chi connectivity index (χ1) is 10.5. The Balaban J connectivity index is 2.19. The van der Waals surface area contributed by atoms with Crippen molar-refractivity contribution >= 4 is 23.3 Å². The number of carbonyl (C=O) groups excluding carboxylic acids is 1. The van der Waals surface area contributed by atoms with Gasteiger partial charge in [0.1, 0.15) is 0 Å². The van der Waals surface area contributed by atoms with Gasteiger partial charge in [-0.25, -0.2) is 4.79 Å². The lowest BCUT2D eigenvalue weighted by atomic mass is 10.1. The standard InChI is InChI=1S/C15H12N2O5/c18-14(6-10-4-2-1-3-5-10)16-12-7-11(15(19)20)8-13(9-12)17(21)22/h1-5,7-9H,6H2,(H,16,18)(H,19,20). The first kappa shape index (κ1) is 15.2. The smallest absolute Gasteiger partial charge is 0.336 e. The number of amides is 1. The molecule has 0 aromatic heterocycles. The van der Waals surface area contributed by atoms with Gasteiger partial charge in [-0.2, -0.15) is 0 Å². The van der Waals surface area contributed by atoms with Crippen LogP contribution < -0.4 is 5.32 Å². The van der Waals surface area contributed by atoms with Gasteiger partial charge in [0, 0.05) is 17.8 Å². The molecule has 0 aliphatic heterocycles. The quantitative estimate of drug-likeness (QED) is 0.651. The summed E-state index contributed by atoms with van der Waals surface area (Å²) in [6, 6.07) is 12.2. The summed E-state index contributed by atoms with van der Waals surface area (Å²) < 4.78 is 0. The molecule has 7 heteroatoms. The van der Waals surface area contributed by atoms with E-state index < -0.39 is 16.6 Å². The number of nitrogens with one attached hydrogen (secondary N) is 1. The third-order valence-electron chi connectivity index (χ3n) is 2.87. The SMILES string of the molecule is O=C(Cc1ccccc1)Nc1cc(C(=O)O)cc([N+](=O)[O-])c1. The van der Waals surface area contributed by atoms with Crippen molar-refractivity contribution in [2.24, 2.45) is 0 Å². The maximum Gasteiger partial charge on any atom is 0.336 e. The number of carboxylic acids is 1. The molecule has 2 aromatic carbocycles. The van der Waals surface area contributed by atoms with Gasteiger partial charge in [-0.05, 0) is 11.6 Å². The van der Waals surface area contributed by atoms with Gasteiger partial charge in [-0.15, -0.1) is 0 Å². The predicted octanol–water partition coefficient (Wildman–Crippen LogP) is 2.47. The summed E-state index contributed by atoms with van der Waals surface area (Å²) >= 11 is 0. The molecule has 112 valence electrons. The van der Waals surface area contributed by atoms with Gasteiger partial charge in [0.25, 0.3) is 5.69 Å². The highest BCUT2D eigenvalue weighted by Gasteiger charge is 2.15. The van der Waals surface area contributed by atoms with Gasteiger partial charge in [-0.1, -0.05) is 30.3 Å². The number of benzene rings is 2. The number of anilines is 1. The van der Waals surface area contributed by atoms with Crippen LogP contribution in [-0.4, -0.2) is 21.9 Å². The molecule has 2 N–H and O–H groups in total. The number of rotatable bonds is 5. The Morgan fingerprint density at radius 2 is 1.82 bits per heavy atom. The first-order valence-electron chi connectivity index (χ1n) is 6.32. The molecule has 2 aromatic rings. The topological polar surface area (TPSA) is 110 Å². The summed E-state index contributed by atoms with van der Waals surface area (Å²) in [5.41, 5.74) is 0.204. The lowest BCUT2D eigenvalue weighted by molar-refractivity contribution is -0.384. The van der Waals surface area contributed by atoms with E-state index in [0.717, 1.165) is 17.7 Å². The highest BCUT2D eigenvalue weighted by Crippen LogP contribution is 2.21. The molecule has 0 unspecified atom stereocenters. The molecule has 0 aliphatic carbocycles. The Morgan fingerprint density at radius 1 is 1.14 bits per heavy atom. The van der Waals surface area contributed by atoms with Crippen LogP contribution in [0, 0.1) is 10.1 Å². The average Bonchev–Trinajstić information content (AvgIpc) is 2.47. The third-order valence-corrected chi connectivity index (χ3v) is 2.87. The van der Waals surface area contributed by atoms with E-state index in [9.17, 15) is 19.7 Å². The Morgan fingerprint density at radius 3 is 2.41 bits per heavy atom. The first-order valence-corrected chi connectivity index (χ1v) is 6.32. The number of nitro benzene ring substituents is 1. The fourth-order valence-electron chi connectivity index (χ4n) is 1.90. The van der Waals surface area contributed by atoms with E-state index in [2.05, 4.69) is 5.32 Å². The normalized spacial score (nSPS) is 10.0. The van der Waals surface area contributed by atoms with Gasteiger partial charge in [-0.3, -0.25) is 14.9 Å². The van der Waals surface area contributed by atoms with Crippen molar-refractivity contribution in [2.75, 3.05) is 5.32 Å². The van der Waals surface area contributed by atoms with E-state index in [1.165, 1.54) is 6.07 Å². The molecule has 2 rings (SSSR count). The third kappa shape index (κ3) is 3.89. The van der Waals surface area contributed by atoms with Gasteiger partial charge < -0.3 is 10.4 Å². The van der Waals surface area contributed by atoms with Crippen LogP contribution in [0.15, 0.2) is 48.5 Å². The maximum atomic E-state index is 11.9. The lowest BCUT2D eigenvalue weighted by Crippen LogP contribution is -2.15. The number of non-ortho nitro benzene ring substituents is 1. The van der Waals surface area contributed by atoms with E-state index in [0.29, 0.717) is 0 Å². The Kier molecular flexibility index (Phi) is 4.47. The molecule has 0 bridgehead atoms. The number of hydrogen-bond donors (Lipinski definition) is 2. The maximum absolute atomic E-state index is 11.9. The molecular formula is C15H12N2O5. The van der Waals surface area contributed by atoms with E-state index in [-0.39, 0.29) is 23.6 Å². The Hall–Kier alpha value is -3.22. The molecular weight excluding hydrogens is 288 g/mol. The van der Waals surface area contributed by atoms with Crippen molar-refractivity contribution in [1.29, 1.82) is 0 Å². The molecule has 7 nitrogen and oxygen atoms in total. The zero-order valence-corrected chi connectivity index (χ0v) is 11.4. The Labute approximate surface area is 125 Å². The molecule has 0 heterocycles. The molecule has 22 heavy (non-hydrogen) atoms. The molecule has 0 fully saturated rings. The van der Waals surface area contributed by atoms with Gasteiger partial charge in [0.05, 0.1) is 16.9 Å². The molecule has 0 atom stereocenters. The predicted molar refractivity (Wildman–Crippen MR) is 78.8 cm³/mol. The summed E-state index contributed by atoms with van der Waals surface area (Å²) in [4.78, 5) is 33.0. The monoisotopic (exact) mass is 300 g/mol. The largest absolute Gasteiger partial charge is 0.478 e. The molecule has 0 spiro atoms. The zero-order chi connectivity index (χ0) is 16.1. The Bertz CT molecular complexity index is 696. The minimum atomic E-state index is -1.30. The summed E-state index contributed by atoms with van der Waals surface area (Å²) in [7, 11) is 0. The number of nitrogens with zero attached hydrogens (tertiary/aromatic N) is 1. The second kappa shape index (κ2) is 6.49. The number of hydrogen-bond acceptors (Lipinski definition) is 4. The van der Waals surface area contributed by atoms with E-state index in [4.69, 9.17) is 5.11 Å². The molecule has 1 amide bonds. The average molecular weight is 300 g/mol. The van der Waals surface area contributed by atoms with Crippen molar-refractivity contribution in [1.82, 2.24) is 0 Å². The van der Waals surface area contributed by atoms with Crippen LogP contribution in [0.5, 0.6) is 0 Å². The number of nitro groups is 1. The number of carbonyl (C=O) groups is 2. The van der Waals surface area contributed by atoms with Crippen LogP contribution in [0.4, 0.5) is 11.4 Å². The summed E-state index contributed by atoms with van der Waals surface area (Å²) in [6.07, 6.45) is 0.0892. The number of aromatic carboxylic acids is 1. The van der Waals surface area contributed by atoms with Crippen LogP contribution in [-0.2, 0) is 11.2 Å². The summed E-state index contributed by atoms with van der Waals surface area (Å²) in [5.74, 6) is -1.69. The highest BCUT2D eigenvalue weighted by molar-refractivity contribution is 5.95. The van der Waals surface area contributed by atoms with Crippen LogP contribution >= 0.6 is 0 Å². The molecule has 0 aliphatic rings. The molecule has 0 saturated heterocycles. The van der Waals surface area contributed by atoms with E-state index in [1.54, 1.807) is 24.3 Å². The van der Waals surface area contributed by atoms with Gasteiger partial charge in [0.15, 0.2) is 0 Å². The van der Waals surface area contributed by atoms with Crippen molar-refractivity contribution in [3.8, 4) is 0 Å². The summed E-state index contributed by atoms with van der Waals surface area (Å²) in [5, 5.41) is 22.2. The van der Waals surface area contributed by atoms with Crippen molar-refractivity contribution in [3.05, 3.63) is 69.8 Å². The highest BCUT2D eigenvalue weighted by atomic mass is 16.6. The van der Waals surface area contributed by atoms with Crippen LogP contribution in [0.1, 0.15) is 15.9 Å². The fraction of sp³-hybridized carbons (Fsp3) is 0.0667.